The number of aliphatic hydroxyl groups is 1. The Kier molecular flexibility index (Phi) is 4.05. The number of halogens is 5. The Balaban J connectivity index is 3.04. The predicted octanol–water partition coefficient (Wildman–Crippen LogP) is 3.82. The van der Waals surface area contributed by atoms with Gasteiger partial charge in [0.15, 0.2) is 0 Å². The Labute approximate surface area is 107 Å². The fraction of sp³-hybridized carbons (Fsp3) is 0.385. The summed E-state index contributed by atoms with van der Waals surface area (Å²) in [5.41, 5.74) is -3.69. The van der Waals surface area contributed by atoms with Gasteiger partial charge in [-0.1, -0.05) is 24.3 Å². The number of hydrogen-bond donors (Lipinski definition) is 1. The quantitative estimate of drug-likeness (QED) is 0.656. The van der Waals surface area contributed by atoms with Crippen LogP contribution in [0.4, 0.5) is 22.0 Å². The Morgan fingerprint density at radius 3 is 2.26 bits per heavy atom. The highest BCUT2D eigenvalue weighted by Gasteiger charge is 2.46. The molecule has 0 saturated carbocycles. The van der Waals surface area contributed by atoms with E-state index >= 15 is 0 Å². The molecule has 106 valence electrons. The first kappa shape index (κ1) is 15.6. The Morgan fingerprint density at radius 1 is 1.21 bits per heavy atom. The summed E-state index contributed by atoms with van der Waals surface area (Å²) in [7, 11) is 0. The topological polar surface area (TPSA) is 20.2 Å². The highest BCUT2D eigenvalue weighted by molar-refractivity contribution is 5.27. The maximum absolute atomic E-state index is 13.7. The van der Waals surface area contributed by atoms with Crippen LogP contribution >= 0.6 is 0 Å². The van der Waals surface area contributed by atoms with Crippen molar-refractivity contribution >= 4 is 0 Å². The molecule has 0 aromatic heterocycles. The van der Waals surface area contributed by atoms with Crippen molar-refractivity contribution in [1.29, 1.82) is 0 Å². The molecule has 19 heavy (non-hydrogen) atoms. The van der Waals surface area contributed by atoms with E-state index in [1.54, 1.807) is 0 Å². The van der Waals surface area contributed by atoms with Crippen LogP contribution in [-0.2, 0) is 12.6 Å². The molecule has 0 amide bonds. The van der Waals surface area contributed by atoms with Gasteiger partial charge in [0.2, 0.25) is 0 Å². The van der Waals surface area contributed by atoms with E-state index in [9.17, 15) is 27.1 Å². The number of hydrogen-bond acceptors (Lipinski definition) is 1. The molecule has 1 unspecified atom stereocenters. The second-order valence-electron chi connectivity index (χ2n) is 4.43. The fourth-order valence-corrected chi connectivity index (χ4v) is 1.44. The average Bonchev–Trinajstić information content (AvgIpc) is 2.27. The summed E-state index contributed by atoms with van der Waals surface area (Å²) in [6, 6.07) is 3.65. The van der Waals surface area contributed by atoms with Gasteiger partial charge in [-0.15, -0.1) is 6.58 Å². The van der Waals surface area contributed by atoms with Gasteiger partial charge in [-0.2, -0.15) is 13.2 Å². The van der Waals surface area contributed by atoms with Crippen molar-refractivity contribution < 1.29 is 27.1 Å². The zero-order valence-corrected chi connectivity index (χ0v) is 10.1. The summed E-state index contributed by atoms with van der Waals surface area (Å²) >= 11 is 0. The molecule has 1 nitrogen and oxygen atoms in total. The molecular weight excluding hydrogens is 267 g/mol. The van der Waals surface area contributed by atoms with Gasteiger partial charge in [0.25, 0.3) is 5.92 Å². The normalized spacial score (nSPS) is 15.9. The first-order valence-corrected chi connectivity index (χ1v) is 5.39. The zero-order valence-electron chi connectivity index (χ0n) is 10.1. The van der Waals surface area contributed by atoms with Crippen molar-refractivity contribution in [2.75, 3.05) is 0 Å². The lowest BCUT2D eigenvalue weighted by Gasteiger charge is -2.29. The molecule has 0 radical (unpaired) electrons. The van der Waals surface area contributed by atoms with Gasteiger partial charge in [-0.3, -0.25) is 0 Å². The van der Waals surface area contributed by atoms with Crippen molar-refractivity contribution in [1.82, 2.24) is 0 Å². The van der Waals surface area contributed by atoms with E-state index in [-0.39, 0.29) is 5.56 Å². The molecule has 0 saturated heterocycles. The van der Waals surface area contributed by atoms with Gasteiger partial charge < -0.3 is 5.11 Å². The van der Waals surface area contributed by atoms with E-state index in [0.717, 1.165) is 25.1 Å². The third-order valence-electron chi connectivity index (χ3n) is 2.82. The standard InChI is InChI=1S/C13H13F5O/c1-3-11(2,19)12(14,15)8-9-5-4-6-10(7-9)13(16,17)18/h3-7,19H,1,8H2,2H3. The SMILES string of the molecule is C=CC(C)(O)C(F)(F)Cc1cccc(C(F)(F)F)c1. The highest BCUT2D eigenvalue weighted by atomic mass is 19.4. The Bertz CT molecular complexity index is 462. The van der Waals surface area contributed by atoms with Gasteiger partial charge in [-0.25, -0.2) is 8.78 Å². The molecule has 0 aliphatic rings. The third kappa shape index (κ3) is 3.53. The highest BCUT2D eigenvalue weighted by Crippen LogP contribution is 2.35. The summed E-state index contributed by atoms with van der Waals surface area (Å²) in [4.78, 5) is 0. The molecule has 0 fully saturated rings. The van der Waals surface area contributed by atoms with E-state index in [2.05, 4.69) is 6.58 Å². The Morgan fingerprint density at radius 2 is 1.79 bits per heavy atom. The van der Waals surface area contributed by atoms with Crippen LogP contribution in [0.2, 0.25) is 0 Å². The van der Waals surface area contributed by atoms with E-state index in [1.165, 1.54) is 0 Å². The van der Waals surface area contributed by atoms with Gasteiger partial charge in [0.05, 0.1) is 5.56 Å². The van der Waals surface area contributed by atoms with Crippen molar-refractivity contribution in [3.63, 3.8) is 0 Å². The van der Waals surface area contributed by atoms with Gasteiger partial charge in [-0.05, 0) is 18.6 Å². The fourth-order valence-electron chi connectivity index (χ4n) is 1.44. The van der Waals surface area contributed by atoms with E-state index in [4.69, 9.17) is 0 Å². The van der Waals surface area contributed by atoms with Crippen molar-refractivity contribution in [3.8, 4) is 0 Å². The van der Waals surface area contributed by atoms with Crippen LogP contribution in [0.1, 0.15) is 18.1 Å². The lowest BCUT2D eigenvalue weighted by molar-refractivity contribution is -0.144. The largest absolute Gasteiger partial charge is 0.416 e. The smallest absolute Gasteiger partial charge is 0.380 e. The molecule has 0 bridgehead atoms. The summed E-state index contributed by atoms with van der Waals surface area (Å²) in [6.45, 7) is 3.94. The van der Waals surface area contributed by atoms with Crippen LogP contribution < -0.4 is 0 Å². The molecule has 0 aliphatic carbocycles. The number of alkyl halides is 5. The van der Waals surface area contributed by atoms with Crippen molar-refractivity contribution in [2.45, 2.75) is 31.0 Å². The summed E-state index contributed by atoms with van der Waals surface area (Å²) in [5.74, 6) is -3.61. The molecule has 1 aromatic carbocycles. The summed E-state index contributed by atoms with van der Waals surface area (Å²) < 4.78 is 64.8. The zero-order chi connectivity index (χ0) is 14.9. The van der Waals surface area contributed by atoms with Crippen molar-refractivity contribution in [3.05, 3.63) is 48.0 Å². The summed E-state index contributed by atoms with van der Waals surface area (Å²) in [5, 5.41) is 9.45. The van der Waals surface area contributed by atoms with E-state index in [0.29, 0.717) is 12.1 Å². The molecule has 6 heteroatoms. The van der Waals surface area contributed by atoms with Crippen LogP contribution in [0, 0.1) is 0 Å². The second-order valence-corrected chi connectivity index (χ2v) is 4.43. The molecule has 1 N–H and O–H groups in total. The molecule has 0 heterocycles. The molecule has 1 atom stereocenters. The van der Waals surface area contributed by atoms with Crippen molar-refractivity contribution in [2.24, 2.45) is 0 Å². The third-order valence-corrected chi connectivity index (χ3v) is 2.82. The monoisotopic (exact) mass is 280 g/mol. The minimum atomic E-state index is -4.59. The number of rotatable bonds is 4. The first-order chi connectivity index (χ1) is 8.49. The maximum atomic E-state index is 13.7. The molecular formula is C13H13F5O. The minimum absolute atomic E-state index is 0.207. The van der Waals surface area contributed by atoms with E-state index in [1.807, 2.05) is 0 Å². The average molecular weight is 280 g/mol. The maximum Gasteiger partial charge on any atom is 0.416 e. The van der Waals surface area contributed by atoms with Crippen LogP contribution in [0.5, 0.6) is 0 Å². The first-order valence-electron chi connectivity index (χ1n) is 5.39. The van der Waals surface area contributed by atoms with Gasteiger partial charge >= 0.3 is 6.18 Å². The lowest BCUT2D eigenvalue weighted by atomic mass is 9.92. The van der Waals surface area contributed by atoms with Gasteiger partial charge in [0, 0.05) is 6.42 Å². The minimum Gasteiger partial charge on any atom is -0.380 e. The van der Waals surface area contributed by atoms with Crippen LogP contribution in [0.15, 0.2) is 36.9 Å². The summed E-state index contributed by atoms with van der Waals surface area (Å²) in [6.07, 6.45) is -4.93. The predicted molar refractivity (Wildman–Crippen MR) is 60.9 cm³/mol. The van der Waals surface area contributed by atoms with E-state index < -0.39 is 29.7 Å². The van der Waals surface area contributed by atoms with Crippen LogP contribution in [0.3, 0.4) is 0 Å². The molecule has 1 aromatic rings. The van der Waals surface area contributed by atoms with Crippen LogP contribution in [-0.4, -0.2) is 16.6 Å². The van der Waals surface area contributed by atoms with Crippen LogP contribution in [0.25, 0.3) is 0 Å². The second kappa shape index (κ2) is 4.92. The Hall–Kier alpha value is -1.43. The molecule has 0 aliphatic heterocycles. The molecule has 0 spiro atoms. The lowest BCUT2D eigenvalue weighted by Crippen LogP contribution is -2.45. The number of benzene rings is 1. The molecule has 1 rings (SSSR count). The van der Waals surface area contributed by atoms with Gasteiger partial charge in [0.1, 0.15) is 5.60 Å².